The lowest BCUT2D eigenvalue weighted by Gasteiger charge is -2.42. The van der Waals surface area contributed by atoms with Gasteiger partial charge in [0.1, 0.15) is 12.0 Å². The summed E-state index contributed by atoms with van der Waals surface area (Å²) >= 11 is 0. The molecule has 0 saturated heterocycles. The maximum absolute atomic E-state index is 6.23. The predicted molar refractivity (Wildman–Crippen MR) is 78.1 cm³/mol. The van der Waals surface area contributed by atoms with Crippen LogP contribution in [0.4, 0.5) is 17.3 Å². The van der Waals surface area contributed by atoms with Gasteiger partial charge < -0.3 is 11.5 Å². The quantitative estimate of drug-likeness (QED) is 0.552. The SMILES string of the molecule is CC1CC(N(N)c2ncnc(N)c2N)CC(C)(C)C1. The van der Waals surface area contributed by atoms with E-state index in [0.29, 0.717) is 17.4 Å². The zero-order valence-corrected chi connectivity index (χ0v) is 11.9. The molecule has 0 spiro atoms. The summed E-state index contributed by atoms with van der Waals surface area (Å²) in [7, 11) is 0. The first-order chi connectivity index (χ1) is 8.80. The van der Waals surface area contributed by atoms with Crippen molar-refractivity contribution in [1.29, 1.82) is 0 Å². The summed E-state index contributed by atoms with van der Waals surface area (Å²) in [4.78, 5) is 8.04. The van der Waals surface area contributed by atoms with Crippen LogP contribution in [-0.4, -0.2) is 16.0 Å². The minimum absolute atomic E-state index is 0.232. The average Bonchev–Trinajstić information content (AvgIpc) is 2.29. The van der Waals surface area contributed by atoms with Gasteiger partial charge in [-0.25, -0.2) is 15.8 Å². The van der Waals surface area contributed by atoms with Crippen LogP contribution in [-0.2, 0) is 0 Å². The van der Waals surface area contributed by atoms with Crippen LogP contribution in [0.5, 0.6) is 0 Å². The van der Waals surface area contributed by atoms with Crippen LogP contribution < -0.4 is 22.3 Å². The maximum atomic E-state index is 6.23. The van der Waals surface area contributed by atoms with Crippen molar-refractivity contribution in [3.63, 3.8) is 0 Å². The molecule has 6 nitrogen and oxygen atoms in total. The second kappa shape index (κ2) is 4.85. The molecular formula is C13H24N6. The van der Waals surface area contributed by atoms with Gasteiger partial charge >= 0.3 is 0 Å². The monoisotopic (exact) mass is 264 g/mol. The third kappa shape index (κ3) is 2.89. The molecule has 0 radical (unpaired) electrons. The lowest BCUT2D eigenvalue weighted by molar-refractivity contribution is 0.164. The molecule has 1 aromatic rings. The van der Waals surface area contributed by atoms with Crippen molar-refractivity contribution in [3.8, 4) is 0 Å². The van der Waals surface area contributed by atoms with E-state index in [1.807, 2.05) is 0 Å². The molecule has 2 atom stereocenters. The first-order valence-corrected chi connectivity index (χ1v) is 6.70. The van der Waals surface area contributed by atoms with Gasteiger partial charge in [0.25, 0.3) is 0 Å². The molecule has 1 aliphatic carbocycles. The van der Waals surface area contributed by atoms with E-state index in [1.165, 1.54) is 12.7 Å². The molecule has 1 heterocycles. The van der Waals surface area contributed by atoms with E-state index in [4.69, 9.17) is 17.3 Å². The summed E-state index contributed by atoms with van der Waals surface area (Å²) < 4.78 is 0. The number of rotatable bonds is 2. The van der Waals surface area contributed by atoms with E-state index in [0.717, 1.165) is 12.8 Å². The highest BCUT2D eigenvalue weighted by molar-refractivity contribution is 5.72. The van der Waals surface area contributed by atoms with E-state index in [1.54, 1.807) is 5.01 Å². The molecule has 2 rings (SSSR count). The molecule has 1 saturated carbocycles. The van der Waals surface area contributed by atoms with Crippen LogP contribution in [0.3, 0.4) is 0 Å². The molecule has 2 unspecified atom stereocenters. The topological polar surface area (TPSA) is 107 Å². The summed E-state index contributed by atoms with van der Waals surface area (Å²) in [5, 5.41) is 1.67. The van der Waals surface area contributed by atoms with E-state index in [-0.39, 0.29) is 17.3 Å². The van der Waals surface area contributed by atoms with Crippen molar-refractivity contribution in [1.82, 2.24) is 9.97 Å². The molecule has 0 aliphatic heterocycles. The van der Waals surface area contributed by atoms with Gasteiger partial charge in [-0.1, -0.05) is 20.8 Å². The Hall–Kier alpha value is -1.56. The van der Waals surface area contributed by atoms with Crippen molar-refractivity contribution < 1.29 is 0 Å². The van der Waals surface area contributed by atoms with Crippen LogP contribution in [0.2, 0.25) is 0 Å². The Morgan fingerprint density at radius 2 is 1.95 bits per heavy atom. The third-order valence-electron chi connectivity index (χ3n) is 3.90. The number of hydrazine groups is 1. The van der Waals surface area contributed by atoms with E-state index < -0.39 is 0 Å². The lowest BCUT2D eigenvalue weighted by atomic mass is 9.70. The zero-order valence-electron chi connectivity index (χ0n) is 11.9. The molecule has 0 aromatic carbocycles. The minimum Gasteiger partial charge on any atom is -0.393 e. The molecule has 1 aromatic heterocycles. The number of hydrogen-bond donors (Lipinski definition) is 3. The molecule has 106 valence electrons. The van der Waals surface area contributed by atoms with Gasteiger partial charge in [-0.3, -0.25) is 5.01 Å². The van der Waals surface area contributed by atoms with Gasteiger partial charge in [0.2, 0.25) is 0 Å². The predicted octanol–water partition coefficient (Wildman–Crippen LogP) is 1.54. The average molecular weight is 264 g/mol. The van der Waals surface area contributed by atoms with Crippen molar-refractivity contribution >= 4 is 17.3 Å². The Kier molecular flexibility index (Phi) is 3.54. The number of nitrogen functional groups attached to an aromatic ring is 2. The fourth-order valence-electron chi connectivity index (χ4n) is 3.29. The number of nitrogens with zero attached hydrogens (tertiary/aromatic N) is 3. The fourth-order valence-corrected chi connectivity index (χ4v) is 3.29. The number of nitrogens with two attached hydrogens (primary N) is 3. The van der Waals surface area contributed by atoms with Crippen LogP contribution in [0.1, 0.15) is 40.0 Å². The Morgan fingerprint density at radius 3 is 2.58 bits per heavy atom. The number of anilines is 3. The number of hydrogen-bond acceptors (Lipinski definition) is 6. The Morgan fingerprint density at radius 1 is 1.26 bits per heavy atom. The minimum atomic E-state index is 0.232. The Balaban J connectivity index is 2.23. The second-order valence-electron chi connectivity index (χ2n) is 6.47. The highest BCUT2D eigenvalue weighted by Gasteiger charge is 2.35. The van der Waals surface area contributed by atoms with Gasteiger partial charge in [0.05, 0.1) is 0 Å². The Bertz CT molecular complexity index is 458. The smallest absolute Gasteiger partial charge is 0.171 e. The van der Waals surface area contributed by atoms with Gasteiger partial charge in [-0.05, 0) is 30.6 Å². The Labute approximate surface area is 114 Å². The highest BCUT2D eigenvalue weighted by atomic mass is 15.5. The first kappa shape index (κ1) is 13.9. The van der Waals surface area contributed by atoms with Crippen LogP contribution >= 0.6 is 0 Å². The first-order valence-electron chi connectivity index (χ1n) is 6.70. The van der Waals surface area contributed by atoms with Gasteiger partial charge in [0.15, 0.2) is 11.6 Å². The van der Waals surface area contributed by atoms with Gasteiger partial charge in [-0.2, -0.15) is 0 Å². The zero-order chi connectivity index (χ0) is 14.2. The summed E-state index contributed by atoms with van der Waals surface area (Å²) in [6.07, 6.45) is 4.69. The van der Waals surface area contributed by atoms with Crippen molar-refractivity contribution in [2.45, 2.75) is 46.1 Å². The van der Waals surface area contributed by atoms with E-state index in [2.05, 4.69) is 30.7 Å². The molecule has 1 aliphatic rings. The lowest BCUT2D eigenvalue weighted by Crippen LogP contribution is -2.48. The van der Waals surface area contributed by atoms with Gasteiger partial charge in [-0.15, -0.1) is 0 Å². The van der Waals surface area contributed by atoms with Crippen LogP contribution in [0, 0.1) is 11.3 Å². The van der Waals surface area contributed by atoms with E-state index >= 15 is 0 Å². The molecule has 1 fully saturated rings. The fraction of sp³-hybridized carbons (Fsp3) is 0.692. The molecule has 6 heteroatoms. The largest absolute Gasteiger partial charge is 0.393 e. The second-order valence-corrected chi connectivity index (χ2v) is 6.47. The summed E-state index contributed by atoms with van der Waals surface area (Å²) in [5.41, 5.74) is 12.3. The van der Waals surface area contributed by atoms with Crippen LogP contribution in [0.15, 0.2) is 6.33 Å². The standard InChI is InChI=1S/C13H24N6/c1-8-4-9(6-13(2,3)5-8)19(16)12-10(14)11(15)17-7-18-12/h7-9H,4-6,14,16H2,1-3H3,(H2,15,17,18). The van der Waals surface area contributed by atoms with Crippen molar-refractivity contribution in [2.75, 3.05) is 16.5 Å². The third-order valence-corrected chi connectivity index (χ3v) is 3.90. The van der Waals surface area contributed by atoms with Gasteiger partial charge in [0, 0.05) is 6.04 Å². The van der Waals surface area contributed by atoms with E-state index in [9.17, 15) is 0 Å². The summed E-state index contributed by atoms with van der Waals surface area (Å²) in [6.45, 7) is 6.82. The number of aromatic nitrogens is 2. The van der Waals surface area contributed by atoms with Crippen molar-refractivity contribution in [3.05, 3.63) is 6.33 Å². The molecule has 19 heavy (non-hydrogen) atoms. The van der Waals surface area contributed by atoms with Crippen molar-refractivity contribution in [2.24, 2.45) is 17.2 Å². The molecule has 0 amide bonds. The maximum Gasteiger partial charge on any atom is 0.171 e. The normalized spacial score (nSPS) is 26.1. The summed E-state index contributed by atoms with van der Waals surface area (Å²) in [6, 6.07) is 0.232. The molecule has 0 bridgehead atoms. The highest BCUT2D eigenvalue weighted by Crippen LogP contribution is 2.41. The molecular weight excluding hydrogens is 240 g/mol. The molecule has 6 N–H and O–H groups in total. The summed E-state index contributed by atoms with van der Waals surface area (Å²) in [5.74, 6) is 7.68. The van der Waals surface area contributed by atoms with Crippen LogP contribution in [0.25, 0.3) is 0 Å².